The summed E-state index contributed by atoms with van der Waals surface area (Å²) in [7, 11) is 0. The zero-order chi connectivity index (χ0) is 36.0. The quantitative estimate of drug-likeness (QED) is 0.174. The molecule has 0 N–H and O–H groups in total. The summed E-state index contributed by atoms with van der Waals surface area (Å²) < 4.78 is 7.33. The molecule has 55 heavy (non-hydrogen) atoms. The minimum absolute atomic E-state index is 1.15. The number of rotatable bonds is 4. The number of hydrogen-bond donors (Lipinski definition) is 0. The monoisotopic (exact) mass is 699 g/mol. The molecular formula is C52H33N3. The molecule has 12 rings (SSSR count). The summed E-state index contributed by atoms with van der Waals surface area (Å²) in [6.45, 7) is 0. The van der Waals surface area contributed by atoms with E-state index in [0.29, 0.717) is 0 Å². The molecule has 9 aromatic carbocycles. The predicted octanol–water partition coefficient (Wildman–Crippen LogP) is 13.8. The van der Waals surface area contributed by atoms with Crippen LogP contribution in [0.15, 0.2) is 200 Å². The molecule has 0 saturated heterocycles. The molecule has 0 fully saturated rings. The van der Waals surface area contributed by atoms with Gasteiger partial charge in [0.05, 0.1) is 38.8 Å². The van der Waals surface area contributed by atoms with Gasteiger partial charge < -0.3 is 13.7 Å². The Bertz CT molecular complexity index is 3470. The third-order valence-electron chi connectivity index (χ3n) is 11.6. The first kappa shape index (κ1) is 30.1. The molecule has 3 nitrogen and oxygen atoms in total. The van der Waals surface area contributed by atoms with Crippen LogP contribution < -0.4 is 0 Å². The first-order valence-corrected chi connectivity index (χ1v) is 18.9. The maximum Gasteiger partial charge on any atom is 0.0641 e. The van der Waals surface area contributed by atoms with Crippen molar-refractivity contribution >= 4 is 76.2 Å². The summed E-state index contributed by atoms with van der Waals surface area (Å²) >= 11 is 0. The molecule has 0 aliphatic rings. The van der Waals surface area contributed by atoms with Crippen molar-refractivity contribution in [2.24, 2.45) is 0 Å². The Balaban J connectivity index is 1.16. The van der Waals surface area contributed by atoms with Gasteiger partial charge in [-0.1, -0.05) is 127 Å². The van der Waals surface area contributed by atoms with Crippen LogP contribution in [-0.2, 0) is 0 Å². The molecule has 0 saturated carbocycles. The van der Waals surface area contributed by atoms with Crippen LogP contribution in [0, 0.1) is 0 Å². The fourth-order valence-corrected chi connectivity index (χ4v) is 9.26. The fourth-order valence-electron chi connectivity index (χ4n) is 9.26. The molecule has 0 aliphatic heterocycles. The van der Waals surface area contributed by atoms with Gasteiger partial charge in [-0.05, 0) is 89.3 Å². The van der Waals surface area contributed by atoms with Crippen molar-refractivity contribution in [1.29, 1.82) is 0 Å². The number of aromatic nitrogens is 3. The molecule has 0 unspecified atom stereocenters. The van der Waals surface area contributed by atoms with Crippen molar-refractivity contribution < 1.29 is 0 Å². The minimum atomic E-state index is 1.15. The second kappa shape index (κ2) is 11.6. The smallest absolute Gasteiger partial charge is 0.0641 e. The molecule has 0 radical (unpaired) electrons. The largest absolute Gasteiger partial charge is 0.309 e. The van der Waals surface area contributed by atoms with Crippen LogP contribution in [0.5, 0.6) is 0 Å². The first-order valence-electron chi connectivity index (χ1n) is 18.9. The highest BCUT2D eigenvalue weighted by atomic mass is 15.0. The number of hydrogen-bond acceptors (Lipinski definition) is 0. The molecule has 3 heterocycles. The Morgan fingerprint density at radius 1 is 0.273 bits per heavy atom. The lowest BCUT2D eigenvalue weighted by molar-refractivity contribution is 1.17. The van der Waals surface area contributed by atoms with Gasteiger partial charge in [0.25, 0.3) is 0 Å². The molecule has 0 bridgehead atoms. The van der Waals surface area contributed by atoms with Gasteiger partial charge in [-0.3, -0.25) is 0 Å². The average molecular weight is 700 g/mol. The van der Waals surface area contributed by atoms with Gasteiger partial charge >= 0.3 is 0 Å². The lowest BCUT2D eigenvalue weighted by Gasteiger charge is -2.12. The van der Waals surface area contributed by atoms with Gasteiger partial charge in [0.2, 0.25) is 0 Å². The van der Waals surface area contributed by atoms with Crippen LogP contribution in [0.25, 0.3) is 104 Å². The van der Waals surface area contributed by atoms with Gasteiger partial charge in [0.1, 0.15) is 0 Å². The van der Waals surface area contributed by atoms with Crippen LogP contribution in [0.2, 0.25) is 0 Å². The number of para-hydroxylation sites is 4. The zero-order valence-electron chi connectivity index (χ0n) is 29.9. The van der Waals surface area contributed by atoms with Crippen molar-refractivity contribution in [2.75, 3.05) is 0 Å². The molecule has 0 spiro atoms. The van der Waals surface area contributed by atoms with Crippen LogP contribution in [0.4, 0.5) is 0 Å². The Morgan fingerprint density at radius 3 is 1.51 bits per heavy atom. The minimum Gasteiger partial charge on any atom is -0.309 e. The summed E-state index contributed by atoms with van der Waals surface area (Å²) in [4.78, 5) is 0. The van der Waals surface area contributed by atoms with E-state index in [1.54, 1.807) is 0 Å². The Labute approximate surface area is 317 Å². The highest BCUT2D eigenvalue weighted by Gasteiger charge is 2.22. The van der Waals surface area contributed by atoms with E-state index < -0.39 is 0 Å². The average Bonchev–Trinajstić information content (AvgIpc) is 3.89. The lowest BCUT2D eigenvalue weighted by atomic mass is 10.00. The highest BCUT2D eigenvalue weighted by Crippen LogP contribution is 2.44. The van der Waals surface area contributed by atoms with E-state index in [0.717, 1.165) is 11.4 Å². The van der Waals surface area contributed by atoms with Gasteiger partial charge in [-0.2, -0.15) is 0 Å². The van der Waals surface area contributed by atoms with E-state index in [9.17, 15) is 0 Å². The molecule has 0 amide bonds. The Kier molecular flexibility index (Phi) is 6.34. The second-order valence-corrected chi connectivity index (χ2v) is 14.5. The van der Waals surface area contributed by atoms with Crippen molar-refractivity contribution in [3.8, 4) is 28.2 Å². The molecule has 3 aromatic heterocycles. The molecule has 3 heteroatoms. The summed E-state index contributed by atoms with van der Waals surface area (Å²) in [5.41, 5.74) is 13.2. The Hall–Kier alpha value is -7.36. The van der Waals surface area contributed by atoms with Gasteiger partial charge in [-0.25, -0.2) is 0 Å². The van der Waals surface area contributed by atoms with E-state index >= 15 is 0 Å². The van der Waals surface area contributed by atoms with Gasteiger partial charge in [0, 0.05) is 49.1 Å². The fraction of sp³-hybridized carbons (Fsp3) is 0. The van der Waals surface area contributed by atoms with E-state index in [1.165, 1.54) is 93.0 Å². The second-order valence-electron chi connectivity index (χ2n) is 14.5. The van der Waals surface area contributed by atoms with Gasteiger partial charge in [-0.15, -0.1) is 0 Å². The maximum atomic E-state index is 2.46. The number of benzene rings is 9. The maximum absolute atomic E-state index is 2.46. The molecule has 256 valence electrons. The SMILES string of the molecule is c1ccc(-n2c3ccc(-c4ccc5c(c4)c4ccccc4n5-c4cccc5ccccc45)cc3c3c2ccc2c4ccccc4n(-c4ccccc4)c23)cc1. The van der Waals surface area contributed by atoms with Crippen molar-refractivity contribution in [3.63, 3.8) is 0 Å². The topological polar surface area (TPSA) is 14.8 Å². The number of nitrogens with zero attached hydrogens (tertiary/aromatic N) is 3. The zero-order valence-corrected chi connectivity index (χ0v) is 29.9. The molecular weight excluding hydrogens is 667 g/mol. The lowest BCUT2D eigenvalue weighted by Crippen LogP contribution is -1.95. The summed E-state index contributed by atoms with van der Waals surface area (Å²) in [5.74, 6) is 0. The Morgan fingerprint density at radius 2 is 0.782 bits per heavy atom. The standard InChI is InChI=1S/C52H33N3/c1-3-16-37(17-4-1)53-49-30-27-36(33-44(49)51-50(53)31-28-42-40-21-9-11-23-46(40)54(52(42)51)38-18-5-2-6-19-38)35-26-29-48-43(32-35)41-22-10-12-24-47(41)55(48)45-25-13-15-34-14-7-8-20-39(34)45/h1-33H. The first-order chi connectivity index (χ1) is 27.3. The summed E-state index contributed by atoms with van der Waals surface area (Å²) in [5, 5.41) is 10.00. The van der Waals surface area contributed by atoms with Gasteiger partial charge in [0.15, 0.2) is 0 Å². The molecule has 12 aromatic rings. The highest BCUT2D eigenvalue weighted by molar-refractivity contribution is 6.26. The third-order valence-corrected chi connectivity index (χ3v) is 11.6. The predicted molar refractivity (Wildman–Crippen MR) is 232 cm³/mol. The van der Waals surface area contributed by atoms with Crippen LogP contribution in [0.3, 0.4) is 0 Å². The normalized spacial score (nSPS) is 12.0. The van der Waals surface area contributed by atoms with E-state index in [-0.39, 0.29) is 0 Å². The van der Waals surface area contributed by atoms with Crippen molar-refractivity contribution in [2.45, 2.75) is 0 Å². The summed E-state index contributed by atoms with van der Waals surface area (Å²) in [6, 6.07) is 73.2. The van der Waals surface area contributed by atoms with E-state index in [2.05, 4.69) is 214 Å². The van der Waals surface area contributed by atoms with Crippen LogP contribution >= 0.6 is 0 Å². The van der Waals surface area contributed by atoms with Crippen molar-refractivity contribution in [1.82, 2.24) is 13.7 Å². The molecule has 0 atom stereocenters. The molecule has 0 aliphatic carbocycles. The van der Waals surface area contributed by atoms with Crippen LogP contribution in [-0.4, -0.2) is 13.7 Å². The van der Waals surface area contributed by atoms with E-state index in [4.69, 9.17) is 0 Å². The van der Waals surface area contributed by atoms with Crippen LogP contribution in [0.1, 0.15) is 0 Å². The van der Waals surface area contributed by atoms with E-state index in [1.807, 2.05) is 0 Å². The van der Waals surface area contributed by atoms with Crippen molar-refractivity contribution in [3.05, 3.63) is 200 Å². The third kappa shape index (κ3) is 4.32. The number of fused-ring (bicyclic) bond motifs is 11. The summed E-state index contributed by atoms with van der Waals surface area (Å²) in [6.07, 6.45) is 0.